The lowest BCUT2D eigenvalue weighted by Gasteiger charge is -2.36. The second-order valence-corrected chi connectivity index (χ2v) is 10.2. The van der Waals surface area contributed by atoms with E-state index >= 15 is 0 Å². The lowest BCUT2D eigenvalue weighted by atomic mass is 9.81. The maximum absolute atomic E-state index is 11.6. The van der Waals surface area contributed by atoms with Crippen LogP contribution in [0.25, 0.3) is 0 Å². The number of rotatable bonds is 12. The summed E-state index contributed by atoms with van der Waals surface area (Å²) < 4.78 is 23.9. The predicted octanol–water partition coefficient (Wildman–Crippen LogP) is 5.90. The average molecular weight is 401 g/mol. The van der Waals surface area contributed by atoms with E-state index in [1.54, 1.807) is 6.08 Å². The van der Waals surface area contributed by atoms with Crippen molar-refractivity contribution in [2.75, 3.05) is 31.3 Å². The molecule has 0 spiro atoms. The largest absolute Gasteiger partial charge is 0.616 e. The quantitative estimate of drug-likeness (QED) is 0.233. The van der Waals surface area contributed by atoms with Crippen LogP contribution in [0, 0.1) is 11.8 Å². The van der Waals surface area contributed by atoms with Crippen LogP contribution >= 0.6 is 0 Å². The summed E-state index contributed by atoms with van der Waals surface area (Å²) in [7, 11) is 0. The average Bonchev–Trinajstić information content (AvgIpc) is 2.65. The first-order valence-corrected chi connectivity index (χ1v) is 12.7. The fourth-order valence-corrected chi connectivity index (χ4v) is 4.59. The van der Waals surface area contributed by atoms with Crippen LogP contribution in [0.4, 0.5) is 0 Å². The number of hydrogen-bond acceptors (Lipinski definition) is 3. The van der Waals surface area contributed by atoms with Gasteiger partial charge in [0, 0.05) is 5.92 Å². The van der Waals surface area contributed by atoms with E-state index in [0.717, 1.165) is 13.0 Å². The highest BCUT2D eigenvalue weighted by molar-refractivity contribution is 7.91. The summed E-state index contributed by atoms with van der Waals surface area (Å²) >= 11 is -0.838. The predicted molar refractivity (Wildman–Crippen MR) is 118 cm³/mol. The van der Waals surface area contributed by atoms with Gasteiger partial charge in [-0.15, -0.1) is 0 Å². The van der Waals surface area contributed by atoms with Crippen molar-refractivity contribution >= 4 is 11.2 Å². The molecule has 1 saturated carbocycles. The molecule has 0 aromatic rings. The summed E-state index contributed by atoms with van der Waals surface area (Å²) in [6, 6.07) is 0. The molecule has 1 rings (SSSR count). The fourth-order valence-electron chi connectivity index (χ4n) is 3.86. The molecule has 0 heterocycles. The highest BCUT2D eigenvalue weighted by atomic mass is 32.2. The van der Waals surface area contributed by atoms with Gasteiger partial charge in [-0.05, 0) is 56.3 Å². The van der Waals surface area contributed by atoms with Gasteiger partial charge < -0.3 is 14.0 Å². The molecule has 0 aromatic heterocycles. The Morgan fingerprint density at radius 3 is 2.22 bits per heavy atom. The van der Waals surface area contributed by atoms with E-state index in [0.29, 0.717) is 36.6 Å². The standard InChI is InChI=1S/C23H44O3S/c1-5-17-27(24)18-16-25-19-21(6-2)20-26-23(3,4)22-14-12-10-8-7-9-11-13-15-22/h5,21-22H,1,6-20H2,2-4H3. The van der Waals surface area contributed by atoms with E-state index in [1.807, 2.05) is 0 Å². The Labute approximate surface area is 171 Å². The Morgan fingerprint density at radius 1 is 1.07 bits per heavy atom. The third-order valence-corrected chi connectivity index (χ3v) is 7.20. The first kappa shape index (κ1) is 25.0. The summed E-state index contributed by atoms with van der Waals surface area (Å²) in [5.74, 6) is 2.22. The van der Waals surface area contributed by atoms with Crippen molar-refractivity contribution in [3.8, 4) is 0 Å². The molecule has 0 saturated heterocycles. The smallest absolute Gasteiger partial charge is 0.129 e. The second-order valence-electron chi connectivity index (χ2n) is 8.61. The molecule has 1 fully saturated rings. The van der Waals surface area contributed by atoms with E-state index in [9.17, 15) is 4.55 Å². The third-order valence-electron chi connectivity index (χ3n) is 5.97. The first-order valence-electron chi connectivity index (χ1n) is 11.2. The monoisotopic (exact) mass is 400 g/mol. The highest BCUT2D eigenvalue weighted by Crippen LogP contribution is 2.33. The molecule has 27 heavy (non-hydrogen) atoms. The molecule has 2 unspecified atom stereocenters. The molecular weight excluding hydrogens is 356 g/mol. The van der Waals surface area contributed by atoms with Crippen molar-refractivity contribution in [3.63, 3.8) is 0 Å². The van der Waals surface area contributed by atoms with Gasteiger partial charge >= 0.3 is 0 Å². The summed E-state index contributed by atoms with van der Waals surface area (Å²) in [4.78, 5) is 0. The SMILES string of the molecule is C=CC[S+]([O-])CCOCC(CC)COC(C)(C)C1CCCCCCCCC1. The van der Waals surface area contributed by atoms with E-state index in [4.69, 9.17) is 9.47 Å². The molecule has 0 aliphatic heterocycles. The van der Waals surface area contributed by atoms with Crippen molar-refractivity contribution in [1.82, 2.24) is 0 Å². The van der Waals surface area contributed by atoms with Crippen LogP contribution in [0.15, 0.2) is 12.7 Å². The van der Waals surface area contributed by atoms with Crippen molar-refractivity contribution in [2.24, 2.45) is 11.8 Å². The Morgan fingerprint density at radius 2 is 1.67 bits per heavy atom. The summed E-state index contributed by atoms with van der Waals surface area (Å²) in [6.45, 7) is 12.4. The van der Waals surface area contributed by atoms with Gasteiger partial charge in [-0.2, -0.15) is 0 Å². The molecular formula is C23H44O3S. The van der Waals surface area contributed by atoms with E-state index < -0.39 is 11.2 Å². The maximum Gasteiger partial charge on any atom is 0.129 e. The molecule has 160 valence electrons. The van der Waals surface area contributed by atoms with Crippen LogP contribution in [0.2, 0.25) is 0 Å². The lowest BCUT2D eigenvalue weighted by Crippen LogP contribution is -2.37. The van der Waals surface area contributed by atoms with Gasteiger partial charge in [-0.3, -0.25) is 0 Å². The Hall–Kier alpha value is -0.0300. The zero-order valence-electron chi connectivity index (χ0n) is 18.2. The van der Waals surface area contributed by atoms with Crippen molar-refractivity contribution in [1.29, 1.82) is 0 Å². The summed E-state index contributed by atoms with van der Waals surface area (Å²) in [6.07, 6.45) is 15.0. The Bertz CT molecular complexity index is 363. The minimum Gasteiger partial charge on any atom is -0.616 e. The second kappa shape index (κ2) is 14.9. The molecule has 1 aliphatic carbocycles. The third kappa shape index (κ3) is 11.5. The lowest BCUT2D eigenvalue weighted by molar-refractivity contribution is -0.0881. The van der Waals surface area contributed by atoms with Gasteiger partial charge in [0.2, 0.25) is 0 Å². The van der Waals surface area contributed by atoms with Gasteiger partial charge in [-0.1, -0.05) is 58.4 Å². The zero-order valence-corrected chi connectivity index (χ0v) is 19.0. The van der Waals surface area contributed by atoms with E-state index in [2.05, 4.69) is 27.4 Å². The van der Waals surface area contributed by atoms with E-state index in [1.165, 1.54) is 57.8 Å². The minimum atomic E-state index is -0.838. The van der Waals surface area contributed by atoms with Gasteiger partial charge in [0.1, 0.15) is 11.5 Å². The molecule has 2 atom stereocenters. The van der Waals surface area contributed by atoms with Crippen LogP contribution in [-0.2, 0) is 20.6 Å². The molecule has 0 amide bonds. The minimum absolute atomic E-state index is 0.0575. The Kier molecular flexibility index (Phi) is 13.8. The molecule has 4 heteroatoms. The van der Waals surface area contributed by atoms with Gasteiger partial charge in [0.15, 0.2) is 0 Å². The first-order chi connectivity index (χ1) is 13.0. The van der Waals surface area contributed by atoms with Crippen LogP contribution in [0.1, 0.15) is 85.0 Å². The van der Waals surface area contributed by atoms with Crippen molar-refractivity contribution < 1.29 is 14.0 Å². The summed E-state index contributed by atoms with van der Waals surface area (Å²) in [5, 5.41) is 0. The topological polar surface area (TPSA) is 41.5 Å². The van der Waals surface area contributed by atoms with Gasteiger partial charge in [0.25, 0.3) is 0 Å². The number of ether oxygens (including phenoxy) is 2. The van der Waals surface area contributed by atoms with Crippen molar-refractivity contribution in [2.45, 2.75) is 90.6 Å². The fraction of sp³-hybridized carbons (Fsp3) is 0.913. The van der Waals surface area contributed by atoms with Crippen LogP contribution in [0.3, 0.4) is 0 Å². The van der Waals surface area contributed by atoms with Gasteiger partial charge in [0.05, 0.1) is 25.4 Å². The van der Waals surface area contributed by atoms with Crippen LogP contribution in [-0.4, -0.2) is 41.5 Å². The van der Waals surface area contributed by atoms with Crippen LogP contribution in [0.5, 0.6) is 0 Å². The molecule has 0 aromatic carbocycles. The molecule has 0 radical (unpaired) electrons. The number of hydrogen-bond donors (Lipinski definition) is 0. The van der Waals surface area contributed by atoms with Gasteiger partial charge in [-0.25, -0.2) is 0 Å². The zero-order chi connectivity index (χ0) is 20.0. The molecule has 0 N–H and O–H groups in total. The van der Waals surface area contributed by atoms with Crippen LogP contribution < -0.4 is 0 Å². The highest BCUT2D eigenvalue weighted by Gasteiger charge is 2.30. The van der Waals surface area contributed by atoms with Crippen molar-refractivity contribution in [3.05, 3.63) is 12.7 Å². The van der Waals surface area contributed by atoms with E-state index in [-0.39, 0.29) is 5.60 Å². The Balaban J connectivity index is 2.35. The molecule has 3 nitrogen and oxygen atoms in total. The maximum atomic E-state index is 11.6. The molecule has 0 bridgehead atoms. The normalized spacial score (nSPS) is 20.1. The molecule has 1 aliphatic rings. The summed E-state index contributed by atoms with van der Waals surface area (Å²) in [5.41, 5.74) is -0.0575.